The average Bonchev–Trinajstić information content (AvgIpc) is 2.90. The van der Waals surface area contributed by atoms with Gasteiger partial charge in [-0.05, 0) is 36.8 Å². The molecule has 0 amide bonds. The Morgan fingerprint density at radius 3 is 2.62 bits per heavy atom. The first-order chi connectivity index (χ1) is 9.83. The maximum Gasteiger partial charge on any atom is 0.338 e. The molecule has 2 N–H and O–H groups in total. The van der Waals surface area contributed by atoms with Crippen molar-refractivity contribution in [1.82, 2.24) is 0 Å². The molecule has 0 spiro atoms. The van der Waals surface area contributed by atoms with Crippen molar-refractivity contribution in [3.05, 3.63) is 46.6 Å². The standard InChI is InChI=1S/C13H12FNO4S2/c1-2-9-4-6-12(20-9)21(18,19)15-8-3-5-11(14)10(7-8)13(16)17/h3-7,15H,2H2,1H3,(H,16,17). The highest BCUT2D eigenvalue weighted by Crippen LogP contribution is 2.25. The van der Waals surface area contributed by atoms with Crippen LogP contribution in [0.1, 0.15) is 22.2 Å². The number of thiophene rings is 1. The van der Waals surface area contributed by atoms with Gasteiger partial charge in [-0.15, -0.1) is 11.3 Å². The topological polar surface area (TPSA) is 83.5 Å². The van der Waals surface area contributed by atoms with Gasteiger partial charge in [-0.25, -0.2) is 17.6 Å². The first-order valence-corrected chi connectivity index (χ1v) is 8.28. The predicted octanol–water partition coefficient (Wildman–Crippen LogP) is 2.95. The summed E-state index contributed by atoms with van der Waals surface area (Å²) in [4.78, 5) is 11.8. The molecule has 0 saturated heterocycles. The SMILES string of the molecule is CCc1ccc(S(=O)(=O)Nc2ccc(F)c(C(=O)O)c2)s1. The molecule has 1 aromatic heterocycles. The fourth-order valence-electron chi connectivity index (χ4n) is 1.65. The van der Waals surface area contributed by atoms with E-state index in [1.54, 1.807) is 6.07 Å². The van der Waals surface area contributed by atoms with Gasteiger partial charge in [-0.3, -0.25) is 4.72 Å². The van der Waals surface area contributed by atoms with Crippen LogP contribution in [0.2, 0.25) is 0 Å². The average molecular weight is 329 g/mol. The van der Waals surface area contributed by atoms with Crippen LogP contribution in [0.25, 0.3) is 0 Å². The van der Waals surface area contributed by atoms with E-state index in [0.29, 0.717) is 0 Å². The molecular weight excluding hydrogens is 317 g/mol. The molecule has 0 aliphatic heterocycles. The van der Waals surface area contributed by atoms with E-state index in [1.165, 1.54) is 12.1 Å². The Bertz CT molecular complexity index is 783. The largest absolute Gasteiger partial charge is 0.478 e. The highest BCUT2D eigenvalue weighted by molar-refractivity contribution is 7.94. The number of nitrogens with one attached hydrogen (secondary N) is 1. The van der Waals surface area contributed by atoms with E-state index in [2.05, 4.69) is 4.72 Å². The van der Waals surface area contributed by atoms with Crippen LogP contribution in [-0.2, 0) is 16.4 Å². The van der Waals surface area contributed by atoms with Crippen molar-refractivity contribution in [2.45, 2.75) is 17.6 Å². The highest BCUT2D eigenvalue weighted by atomic mass is 32.2. The lowest BCUT2D eigenvalue weighted by molar-refractivity contribution is 0.0692. The van der Waals surface area contributed by atoms with Crippen LogP contribution in [0.3, 0.4) is 0 Å². The lowest BCUT2D eigenvalue weighted by Gasteiger charge is -2.07. The van der Waals surface area contributed by atoms with E-state index in [9.17, 15) is 17.6 Å². The van der Waals surface area contributed by atoms with Gasteiger partial charge in [0.05, 0.1) is 5.56 Å². The van der Waals surface area contributed by atoms with Crippen LogP contribution in [-0.4, -0.2) is 19.5 Å². The Morgan fingerprint density at radius 1 is 1.33 bits per heavy atom. The van der Waals surface area contributed by atoms with Crippen molar-refractivity contribution >= 4 is 33.0 Å². The minimum atomic E-state index is -3.80. The summed E-state index contributed by atoms with van der Waals surface area (Å²) in [6.07, 6.45) is 0.722. The van der Waals surface area contributed by atoms with Gasteiger partial charge in [0.15, 0.2) is 0 Å². The first kappa shape index (κ1) is 15.5. The Balaban J connectivity index is 2.32. The fourth-order valence-corrected chi connectivity index (χ4v) is 4.00. The Labute approximate surface area is 125 Å². The molecule has 112 valence electrons. The van der Waals surface area contributed by atoms with Crippen molar-refractivity contribution in [2.24, 2.45) is 0 Å². The van der Waals surface area contributed by atoms with E-state index in [1.807, 2.05) is 6.92 Å². The summed E-state index contributed by atoms with van der Waals surface area (Å²) >= 11 is 1.13. The number of hydrogen-bond donors (Lipinski definition) is 2. The molecule has 0 bridgehead atoms. The van der Waals surface area contributed by atoms with Crippen molar-refractivity contribution in [3.63, 3.8) is 0 Å². The molecule has 0 atom stereocenters. The van der Waals surface area contributed by atoms with Crippen molar-refractivity contribution < 1.29 is 22.7 Å². The Hall–Kier alpha value is -1.93. The van der Waals surface area contributed by atoms with Crippen LogP contribution < -0.4 is 4.72 Å². The smallest absolute Gasteiger partial charge is 0.338 e. The van der Waals surface area contributed by atoms with Crippen LogP contribution in [0, 0.1) is 5.82 Å². The lowest BCUT2D eigenvalue weighted by atomic mass is 10.2. The number of anilines is 1. The van der Waals surface area contributed by atoms with Gasteiger partial charge in [0.25, 0.3) is 10.0 Å². The van der Waals surface area contributed by atoms with E-state index in [4.69, 9.17) is 5.11 Å². The monoisotopic (exact) mass is 329 g/mol. The summed E-state index contributed by atoms with van der Waals surface area (Å²) < 4.78 is 40.0. The summed E-state index contributed by atoms with van der Waals surface area (Å²) in [5.41, 5.74) is -0.587. The third kappa shape index (κ3) is 3.40. The second kappa shape index (κ2) is 5.82. The molecule has 0 unspecified atom stereocenters. The van der Waals surface area contributed by atoms with Crippen LogP contribution in [0.15, 0.2) is 34.5 Å². The quantitative estimate of drug-likeness (QED) is 0.883. The van der Waals surface area contributed by atoms with Crippen LogP contribution in [0.4, 0.5) is 10.1 Å². The molecule has 2 aromatic rings. The molecule has 0 aliphatic carbocycles. The van der Waals surface area contributed by atoms with Gasteiger partial charge in [0, 0.05) is 10.6 Å². The molecule has 5 nitrogen and oxygen atoms in total. The van der Waals surface area contributed by atoms with Crippen molar-refractivity contribution in [3.8, 4) is 0 Å². The maximum atomic E-state index is 13.3. The Kier molecular flexibility index (Phi) is 4.29. The summed E-state index contributed by atoms with van der Waals surface area (Å²) in [5.74, 6) is -2.38. The highest BCUT2D eigenvalue weighted by Gasteiger charge is 2.18. The summed E-state index contributed by atoms with van der Waals surface area (Å²) in [5, 5.41) is 8.83. The van der Waals surface area contributed by atoms with Crippen LogP contribution in [0.5, 0.6) is 0 Å². The molecular formula is C13H12FNO4S2. The zero-order valence-corrected chi connectivity index (χ0v) is 12.6. The molecule has 0 fully saturated rings. The zero-order chi connectivity index (χ0) is 15.6. The van der Waals surface area contributed by atoms with E-state index in [-0.39, 0.29) is 9.90 Å². The van der Waals surface area contributed by atoms with Gasteiger partial charge in [0.1, 0.15) is 10.0 Å². The third-order valence-corrected chi connectivity index (χ3v) is 5.80. The second-order valence-corrected chi connectivity index (χ2v) is 7.26. The number of benzene rings is 1. The third-order valence-electron chi connectivity index (χ3n) is 2.70. The number of aryl methyl sites for hydroxylation is 1. The van der Waals surface area contributed by atoms with E-state index in [0.717, 1.165) is 34.8 Å². The molecule has 1 aromatic carbocycles. The molecule has 0 saturated carbocycles. The zero-order valence-electron chi connectivity index (χ0n) is 11.0. The van der Waals surface area contributed by atoms with Gasteiger partial charge in [-0.1, -0.05) is 6.92 Å². The van der Waals surface area contributed by atoms with Gasteiger partial charge in [0.2, 0.25) is 0 Å². The van der Waals surface area contributed by atoms with Crippen molar-refractivity contribution in [2.75, 3.05) is 4.72 Å². The lowest BCUT2D eigenvalue weighted by Crippen LogP contribution is -2.12. The van der Waals surface area contributed by atoms with Gasteiger partial charge < -0.3 is 5.11 Å². The number of carboxylic acids is 1. The fraction of sp³-hybridized carbons (Fsp3) is 0.154. The summed E-state index contributed by atoms with van der Waals surface area (Å²) in [6.45, 7) is 1.91. The summed E-state index contributed by atoms with van der Waals surface area (Å²) in [7, 11) is -3.80. The molecule has 21 heavy (non-hydrogen) atoms. The first-order valence-electron chi connectivity index (χ1n) is 5.98. The number of carbonyl (C=O) groups is 1. The molecule has 2 rings (SSSR count). The predicted molar refractivity (Wildman–Crippen MR) is 77.9 cm³/mol. The Morgan fingerprint density at radius 2 is 2.05 bits per heavy atom. The van der Waals surface area contributed by atoms with E-state index >= 15 is 0 Å². The molecule has 0 radical (unpaired) electrons. The van der Waals surface area contributed by atoms with Gasteiger partial charge in [-0.2, -0.15) is 0 Å². The molecule has 1 heterocycles. The maximum absolute atomic E-state index is 13.3. The minimum absolute atomic E-state index is 0.000230. The number of hydrogen-bond acceptors (Lipinski definition) is 4. The van der Waals surface area contributed by atoms with E-state index < -0.39 is 27.4 Å². The number of carboxylic acid groups (broad SMARTS) is 1. The molecule has 8 heteroatoms. The van der Waals surface area contributed by atoms with Crippen LogP contribution >= 0.6 is 11.3 Å². The number of rotatable bonds is 5. The summed E-state index contributed by atoms with van der Waals surface area (Å²) in [6, 6.07) is 6.23. The number of halogens is 1. The van der Waals surface area contributed by atoms with Gasteiger partial charge >= 0.3 is 5.97 Å². The number of sulfonamides is 1. The minimum Gasteiger partial charge on any atom is -0.478 e. The number of aromatic carboxylic acids is 1. The van der Waals surface area contributed by atoms with Crippen molar-refractivity contribution in [1.29, 1.82) is 0 Å². The normalized spacial score (nSPS) is 11.3. The molecule has 0 aliphatic rings. The second-order valence-electron chi connectivity index (χ2n) is 4.18.